The summed E-state index contributed by atoms with van der Waals surface area (Å²) in [5, 5.41) is 10.3. The molecule has 1 aromatic rings. The van der Waals surface area contributed by atoms with Crippen molar-refractivity contribution in [3.8, 4) is 0 Å². The van der Waals surface area contributed by atoms with E-state index in [0.717, 1.165) is 30.6 Å². The Bertz CT molecular complexity index is 629. The van der Waals surface area contributed by atoms with Gasteiger partial charge in [0.15, 0.2) is 0 Å². The molecule has 0 unspecified atom stereocenters. The van der Waals surface area contributed by atoms with E-state index in [-0.39, 0.29) is 0 Å². The Kier molecular flexibility index (Phi) is 4.74. The van der Waals surface area contributed by atoms with Crippen LogP contribution in [0.1, 0.15) is 61.6 Å². The first-order valence-corrected chi connectivity index (χ1v) is 8.88. The van der Waals surface area contributed by atoms with Gasteiger partial charge in [0.2, 0.25) is 0 Å². The lowest BCUT2D eigenvalue weighted by molar-refractivity contribution is 0.339. The van der Waals surface area contributed by atoms with Crippen LogP contribution >= 0.6 is 0 Å². The maximum Gasteiger partial charge on any atom is 0.114 e. The van der Waals surface area contributed by atoms with Crippen molar-refractivity contribution < 1.29 is 5.11 Å². The molecule has 1 aromatic carbocycles. The van der Waals surface area contributed by atoms with Crippen LogP contribution in [0, 0.1) is 19.8 Å². The van der Waals surface area contributed by atoms with Crippen molar-refractivity contribution in [1.29, 1.82) is 0 Å². The predicted molar refractivity (Wildman–Crippen MR) is 96.9 cm³/mol. The molecule has 0 radical (unpaired) electrons. The van der Waals surface area contributed by atoms with Crippen LogP contribution in [0.15, 0.2) is 28.6 Å². The third-order valence-electron chi connectivity index (χ3n) is 5.32. The Morgan fingerprint density at radius 1 is 1.09 bits per heavy atom. The first kappa shape index (κ1) is 16.1. The second-order valence-electron chi connectivity index (χ2n) is 7.15. The number of aliphatic hydroxyl groups excluding tert-OH is 1. The largest absolute Gasteiger partial charge is 0.510 e. The maximum atomic E-state index is 10.3. The van der Waals surface area contributed by atoms with Crippen LogP contribution in [0.25, 0.3) is 0 Å². The van der Waals surface area contributed by atoms with E-state index in [2.05, 4.69) is 13.8 Å². The molecule has 1 aliphatic heterocycles. The summed E-state index contributed by atoms with van der Waals surface area (Å²) < 4.78 is 0. The summed E-state index contributed by atoms with van der Waals surface area (Å²) in [6.07, 6.45) is 8.70. The smallest absolute Gasteiger partial charge is 0.114 e. The number of hydrogen-bond acceptors (Lipinski definition) is 3. The number of aliphatic imine (C=N–C) groups is 1. The molecule has 3 heteroatoms. The standard InChI is InChI=1S/C20H28N2O/c1-13-10-16(21)11-14(2)18(13)12-17-8-9-19(23)20(22-17)15-6-4-3-5-7-15/h10-11,15,23H,3-9,12,21H2,1-2H3. The van der Waals surface area contributed by atoms with Gasteiger partial charge < -0.3 is 10.8 Å². The number of hydrogen-bond donors (Lipinski definition) is 2. The van der Waals surface area contributed by atoms with Crippen LogP contribution in [0.5, 0.6) is 0 Å². The SMILES string of the molecule is Cc1cc(N)cc(C)c1CC1=NC(C2CCCCC2)=C(O)CC1. The second-order valence-corrected chi connectivity index (χ2v) is 7.15. The number of aliphatic hydroxyl groups is 1. The quantitative estimate of drug-likeness (QED) is 0.770. The second kappa shape index (κ2) is 6.77. The van der Waals surface area contributed by atoms with Crippen molar-refractivity contribution in [3.63, 3.8) is 0 Å². The molecule has 1 saturated carbocycles. The van der Waals surface area contributed by atoms with Crippen molar-refractivity contribution in [2.75, 3.05) is 5.73 Å². The molecule has 124 valence electrons. The average molecular weight is 312 g/mol. The van der Waals surface area contributed by atoms with Crippen LogP contribution in [-0.4, -0.2) is 10.8 Å². The lowest BCUT2D eigenvalue weighted by Gasteiger charge is -2.26. The number of nitrogen functional groups attached to an aromatic ring is 1. The summed E-state index contributed by atoms with van der Waals surface area (Å²) in [5.41, 5.74) is 12.8. The van der Waals surface area contributed by atoms with Crippen molar-refractivity contribution in [1.82, 2.24) is 0 Å². The molecule has 0 atom stereocenters. The van der Waals surface area contributed by atoms with Crippen LogP contribution in [0.2, 0.25) is 0 Å². The van der Waals surface area contributed by atoms with Gasteiger partial charge in [-0.1, -0.05) is 19.3 Å². The Balaban J connectivity index is 1.83. The van der Waals surface area contributed by atoms with Crippen molar-refractivity contribution in [2.45, 2.75) is 65.2 Å². The molecule has 1 fully saturated rings. The number of nitrogens with two attached hydrogens (primary N) is 1. The van der Waals surface area contributed by atoms with Gasteiger partial charge in [0.1, 0.15) is 5.76 Å². The lowest BCUT2D eigenvalue weighted by Crippen LogP contribution is -2.17. The molecule has 3 N–H and O–H groups in total. The number of anilines is 1. The molecule has 0 bridgehead atoms. The normalized spacial score (nSPS) is 19.8. The third kappa shape index (κ3) is 3.60. The van der Waals surface area contributed by atoms with Crippen LogP contribution in [0.3, 0.4) is 0 Å². The fourth-order valence-electron chi connectivity index (χ4n) is 4.02. The summed E-state index contributed by atoms with van der Waals surface area (Å²) in [5.74, 6) is 0.999. The highest BCUT2D eigenvalue weighted by atomic mass is 16.3. The molecule has 0 aromatic heterocycles. The highest BCUT2D eigenvalue weighted by Gasteiger charge is 2.24. The lowest BCUT2D eigenvalue weighted by atomic mass is 9.84. The van der Waals surface area contributed by atoms with E-state index in [1.165, 1.54) is 54.5 Å². The number of allylic oxidation sites excluding steroid dienone is 2. The number of aryl methyl sites for hydroxylation is 2. The van der Waals surface area contributed by atoms with E-state index in [9.17, 15) is 5.11 Å². The van der Waals surface area contributed by atoms with Gasteiger partial charge in [-0.25, -0.2) is 0 Å². The highest BCUT2D eigenvalue weighted by molar-refractivity contribution is 5.89. The van der Waals surface area contributed by atoms with Gasteiger partial charge in [-0.2, -0.15) is 0 Å². The minimum atomic E-state index is 0.465. The fraction of sp³-hybridized carbons (Fsp3) is 0.550. The highest BCUT2D eigenvalue weighted by Crippen LogP contribution is 2.35. The zero-order valence-electron chi connectivity index (χ0n) is 14.4. The molecule has 1 heterocycles. The Hall–Kier alpha value is -1.77. The summed E-state index contributed by atoms with van der Waals surface area (Å²) >= 11 is 0. The number of benzene rings is 1. The Morgan fingerprint density at radius 3 is 2.39 bits per heavy atom. The molecular formula is C20H28N2O. The van der Waals surface area contributed by atoms with Gasteiger partial charge >= 0.3 is 0 Å². The van der Waals surface area contributed by atoms with Gasteiger partial charge in [0, 0.05) is 30.2 Å². The van der Waals surface area contributed by atoms with E-state index in [4.69, 9.17) is 10.7 Å². The van der Waals surface area contributed by atoms with Gasteiger partial charge in [-0.15, -0.1) is 0 Å². The number of rotatable bonds is 3. The molecule has 3 nitrogen and oxygen atoms in total. The van der Waals surface area contributed by atoms with E-state index in [1.807, 2.05) is 12.1 Å². The zero-order chi connectivity index (χ0) is 16.4. The zero-order valence-corrected chi connectivity index (χ0v) is 14.4. The monoisotopic (exact) mass is 312 g/mol. The van der Waals surface area contributed by atoms with Crippen LogP contribution in [-0.2, 0) is 6.42 Å². The van der Waals surface area contributed by atoms with Gasteiger partial charge in [-0.3, -0.25) is 4.99 Å². The summed E-state index contributed by atoms with van der Waals surface area (Å²) in [4.78, 5) is 4.90. The fourth-order valence-corrected chi connectivity index (χ4v) is 4.02. The van der Waals surface area contributed by atoms with Gasteiger partial charge in [0.25, 0.3) is 0 Å². The van der Waals surface area contributed by atoms with E-state index in [0.29, 0.717) is 11.7 Å². The maximum absolute atomic E-state index is 10.3. The van der Waals surface area contributed by atoms with Crippen LogP contribution in [0.4, 0.5) is 5.69 Å². The first-order valence-electron chi connectivity index (χ1n) is 8.88. The summed E-state index contributed by atoms with van der Waals surface area (Å²) in [7, 11) is 0. The van der Waals surface area contributed by atoms with E-state index >= 15 is 0 Å². The molecule has 0 saturated heterocycles. The van der Waals surface area contributed by atoms with Gasteiger partial charge in [0.05, 0.1) is 5.70 Å². The molecular weight excluding hydrogens is 284 g/mol. The topological polar surface area (TPSA) is 58.6 Å². The van der Waals surface area contributed by atoms with E-state index in [1.54, 1.807) is 0 Å². The Labute approximate surface area is 139 Å². The molecule has 23 heavy (non-hydrogen) atoms. The molecule has 3 rings (SSSR count). The third-order valence-corrected chi connectivity index (χ3v) is 5.32. The number of nitrogens with zero attached hydrogens (tertiary/aromatic N) is 1. The average Bonchev–Trinajstić information content (AvgIpc) is 2.53. The first-order chi connectivity index (χ1) is 11.0. The minimum absolute atomic E-state index is 0.465. The Morgan fingerprint density at radius 2 is 1.74 bits per heavy atom. The molecule has 0 spiro atoms. The summed E-state index contributed by atoms with van der Waals surface area (Å²) in [6.45, 7) is 4.24. The van der Waals surface area contributed by atoms with Gasteiger partial charge in [-0.05, 0) is 61.9 Å². The molecule has 0 amide bonds. The predicted octanol–water partition coefficient (Wildman–Crippen LogP) is 5.01. The van der Waals surface area contributed by atoms with Crippen LogP contribution < -0.4 is 5.73 Å². The summed E-state index contributed by atoms with van der Waals surface area (Å²) in [6, 6.07) is 4.09. The van der Waals surface area contributed by atoms with Crippen molar-refractivity contribution >= 4 is 11.4 Å². The molecule has 2 aliphatic rings. The van der Waals surface area contributed by atoms with Crippen molar-refractivity contribution in [3.05, 3.63) is 40.3 Å². The van der Waals surface area contributed by atoms with Crippen molar-refractivity contribution in [2.24, 2.45) is 10.9 Å². The molecule has 1 aliphatic carbocycles. The van der Waals surface area contributed by atoms with E-state index < -0.39 is 0 Å². The minimum Gasteiger partial charge on any atom is -0.510 e.